The van der Waals surface area contributed by atoms with Gasteiger partial charge < -0.3 is 9.63 Å². The van der Waals surface area contributed by atoms with Crippen molar-refractivity contribution < 1.29 is 9.63 Å². The van der Waals surface area contributed by atoms with Gasteiger partial charge in [-0.15, -0.1) is 0 Å². The van der Waals surface area contributed by atoms with Crippen molar-refractivity contribution in [3.63, 3.8) is 0 Å². The average molecular weight is 259 g/mol. The van der Waals surface area contributed by atoms with Crippen LogP contribution in [0.25, 0.3) is 11.5 Å². The van der Waals surface area contributed by atoms with Crippen molar-refractivity contribution in [1.29, 1.82) is 0 Å². The summed E-state index contributed by atoms with van der Waals surface area (Å²) in [5, 5.41) is 13.5. The minimum absolute atomic E-state index is 0.220. The van der Waals surface area contributed by atoms with Crippen LogP contribution in [0.5, 0.6) is 0 Å². The van der Waals surface area contributed by atoms with E-state index in [9.17, 15) is 5.11 Å². The number of aromatic nitrogens is 2. The van der Waals surface area contributed by atoms with Crippen molar-refractivity contribution in [2.24, 2.45) is 0 Å². The van der Waals surface area contributed by atoms with E-state index >= 15 is 0 Å². The van der Waals surface area contributed by atoms with E-state index in [1.165, 1.54) is 0 Å². The fourth-order valence-electron chi connectivity index (χ4n) is 2.40. The molecule has 0 radical (unpaired) electrons. The molecule has 2 aromatic rings. The van der Waals surface area contributed by atoms with E-state index in [2.05, 4.69) is 15.0 Å². The van der Waals surface area contributed by atoms with Gasteiger partial charge in [-0.1, -0.05) is 23.4 Å². The number of aryl methyl sites for hydroxylation is 1. The zero-order valence-corrected chi connectivity index (χ0v) is 10.9. The van der Waals surface area contributed by atoms with Crippen molar-refractivity contribution in [1.82, 2.24) is 15.0 Å². The van der Waals surface area contributed by atoms with Crippen molar-refractivity contribution in [3.8, 4) is 11.5 Å². The molecule has 1 fully saturated rings. The Morgan fingerprint density at radius 2 is 2.26 bits per heavy atom. The molecular weight excluding hydrogens is 242 g/mol. The third-order valence-electron chi connectivity index (χ3n) is 3.46. The zero-order valence-electron chi connectivity index (χ0n) is 10.9. The molecule has 5 nitrogen and oxygen atoms in total. The van der Waals surface area contributed by atoms with E-state index in [0.717, 1.165) is 24.1 Å². The lowest BCUT2D eigenvalue weighted by atomic mass is 10.1. The fraction of sp³-hybridized carbons (Fsp3) is 0.429. The van der Waals surface area contributed by atoms with Crippen LogP contribution < -0.4 is 0 Å². The van der Waals surface area contributed by atoms with Crippen molar-refractivity contribution in [2.75, 3.05) is 13.1 Å². The first-order valence-corrected chi connectivity index (χ1v) is 6.51. The summed E-state index contributed by atoms with van der Waals surface area (Å²) >= 11 is 0. The van der Waals surface area contributed by atoms with E-state index in [1.807, 2.05) is 31.2 Å². The molecule has 0 saturated carbocycles. The molecule has 1 aromatic carbocycles. The van der Waals surface area contributed by atoms with Crippen LogP contribution in [-0.4, -0.2) is 39.3 Å². The Labute approximate surface area is 111 Å². The van der Waals surface area contributed by atoms with Gasteiger partial charge in [0.1, 0.15) is 0 Å². The summed E-state index contributed by atoms with van der Waals surface area (Å²) in [4.78, 5) is 6.56. The Morgan fingerprint density at radius 3 is 3.00 bits per heavy atom. The molecule has 1 aromatic heterocycles. The summed E-state index contributed by atoms with van der Waals surface area (Å²) < 4.78 is 5.32. The number of rotatable bonds is 3. The molecule has 0 spiro atoms. The number of aliphatic hydroxyl groups is 1. The predicted molar refractivity (Wildman–Crippen MR) is 70.4 cm³/mol. The van der Waals surface area contributed by atoms with Crippen molar-refractivity contribution >= 4 is 0 Å². The molecular formula is C14H17N3O2. The van der Waals surface area contributed by atoms with Crippen LogP contribution >= 0.6 is 0 Å². The molecule has 0 aliphatic carbocycles. The molecule has 1 atom stereocenters. The fourth-order valence-corrected chi connectivity index (χ4v) is 2.40. The van der Waals surface area contributed by atoms with Crippen LogP contribution in [0.2, 0.25) is 0 Å². The largest absolute Gasteiger partial charge is 0.392 e. The minimum atomic E-state index is -0.220. The highest BCUT2D eigenvalue weighted by molar-refractivity contribution is 5.57. The Hall–Kier alpha value is -1.72. The van der Waals surface area contributed by atoms with Gasteiger partial charge in [0.2, 0.25) is 0 Å². The van der Waals surface area contributed by atoms with Crippen LogP contribution in [0, 0.1) is 6.92 Å². The SMILES string of the molecule is Cc1ccccc1-c1nc(CN2CCC(O)C2)no1. The Morgan fingerprint density at radius 1 is 1.42 bits per heavy atom. The lowest BCUT2D eigenvalue weighted by molar-refractivity contribution is 0.173. The smallest absolute Gasteiger partial charge is 0.258 e. The summed E-state index contributed by atoms with van der Waals surface area (Å²) in [5.74, 6) is 1.24. The molecule has 0 bridgehead atoms. The quantitative estimate of drug-likeness (QED) is 0.907. The predicted octanol–water partition coefficient (Wildman–Crippen LogP) is 1.61. The van der Waals surface area contributed by atoms with Gasteiger partial charge in [0, 0.05) is 18.7 Å². The number of aliphatic hydroxyl groups excluding tert-OH is 1. The van der Waals surface area contributed by atoms with Crippen molar-refractivity contribution in [3.05, 3.63) is 35.7 Å². The third-order valence-corrected chi connectivity index (χ3v) is 3.46. The molecule has 3 rings (SSSR count). The van der Waals surface area contributed by atoms with Crippen LogP contribution in [0.3, 0.4) is 0 Å². The molecule has 0 amide bonds. The molecule has 2 heterocycles. The highest BCUT2D eigenvalue weighted by Gasteiger charge is 2.22. The van der Waals surface area contributed by atoms with E-state index in [1.54, 1.807) is 0 Å². The normalized spacial score (nSPS) is 20.0. The molecule has 100 valence electrons. The first kappa shape index (κ1) is 12.3. The summed E-state index contributed by atoms with van der Waals surface area (Å²) in [6.45, 7) is 4.23. The molecule has 19 heavy (non-hydrogen) atoms. The van der Waals surface area contributed by atoms with Gasteiger partial charge in [-0.3, -0.25) is 4.90 Å². The monoisotopic (exact) mass is 259 g/mol. The average Bonchev–Trinajstić information content (AvgIpc) is 3.00. The first-order chi connectivity index (χ1) is 9.22. The maximum atomic E-state index is 9.49. The first-order valence-electron chi connectivity index (χ1n) is 6.51. The zero-order chi connectivity index (χ0) is 13.2. The van der Waals surface area contributed by atoms with E-state index in [0.29, 0.717) is 24.8 Å². The lowest BCUT2D eigenvalue weighted by Crippen LogP contribution is -2.22. The Balaban J connectivity index is 1.75. The topological polar surface area (TPSA) is 62.4 Å². The van der Waals surface area contributed by atoms with Gasteiger partial charge in [-0.2, -0.15) is 4.98 Å². The Bertz CT molecular complexity index is 567. The number of hydrogen-bond acceptors (Lipinski definition) is 5. The number of β-amino-alcohol motifs (C(OH)–C–C–N with tert-alkyl or cyclic N) is 1. The second-order valence-electron chi connectivity index (χ2n) is 5.01. The van der Waals surface area contributed by atoms with Crippen LogP contribution in [-0.2, 0) is 6.54 Å². The van der Waals surface area contributed by atoms with Gasteiger partial charge >= 0.3 is 0 Å². The lowest BCUT2D eigenvalue weighted by Gasteiger charge is -2.10. The summed E-state index contributed by atoms with van der Waals surface area (Å²) in [6.07, 6.45) is 0.602. The molecule has 1 aliphatic heterocycles. The molecule has 5 heteroatoms. The second-order valence-corrected chi connectivity index (χ2v) is 5.01. The second kappa shape index (κ2) is 5.11. The molecule has 1 aliphatic rings. The molecule has 1 unspecified atom stereocenters. The van der Waals surface area contributed by atoms with Crippen LogP contribution in [0.15, 0.2) is 28.8 Å². The van der Waals surface area contributed by atoms with E-state index in [4.69, 9.17) is 4.52 Å². The number of hydrogen-bond donors (Lipinski definition) is 1. The maximum absolute atomic E-state index is 9.49. The third kappa shape index (κ3) is 2.67. The van der Waals surface area contributed by atoms with Crippen LogP contribution in [0.1, 0.15) is 17.8 Å². The van der Waals surface area contributed by atoms with Gasteiger partial charge in [0.25, 0.3) is 5.89 Å². The van der Waals surface area contributed by atoms with Gasteiger partial charge in [-0.25, -0.2) is 0 Å². The molecule has 1 N–H and O–H groups in total. The molecule has 1 saturated heterocycles. The summed E-state index contributed by atoms with van der Waals surface area (Å²) in [5.41, 5.74) is 2.09. The maximum Gasteiger partial charge on any atom is 0.258 e. The number of likely N-dealkylation sites (tertiary alicyclic amines) is 1. The Kier molecular flexibility index (Phi) is 3.31. The standard InChI is InChI=1S/C14H17N3O2/c1-10-4-2-3-5-12(10)14-15-13(16-19-14)9-17-7-6-11(18)8-17/h2-5,11,18H,6-9H2,1H3. The summed E-state index contributed by atoms with van der Waals surface area (Å²) in [7, 11) is 0. The highest BCUT2D eigenvalue weighted by Crippen LogP contribution is 2.21. The van der Waals surface area contributed by atoms with E-state index < -0.39 is 0 Å². The minimum Gasteiger partial charge on any atom is -0.392 e. The van der Waals surface area contributed by atoms with Gasteiger partial charge in [-0.05, 0) is 25.0 Å². The van der Waals surface area contributed by atoms with Gasteiger partial charge in [0.05, 0.1) is 12.6 Å². The van der Waals surface area contributed by atoms with Crippen LogP contribution in [0.4, 0.5) is 0 Å². The number of benzene rings is 1. The highest BCUT2D eigenvalue weighted by atomic mass is 16.5. The number of nitrogens with zero attached hydrogens (tertiary/aromatic N) is 3. The summed E-state index contributed by atoms with van der Waals surface area (Å²) in [6, 6.07) is 7.95. The van der Waals surface area contributed by atoms with E-state index in [-0.39, 0.29) is 6.10 Å². The van der Waals surface area contributed by atoms with Gasteiger partial charge in [0.15, 0.2) is 5.82 Å². The van der Waals surface area contributed by atoms with Crippen molar-refractivity contribution in [2.45, 2.75) is 26.0 Å².